The van der Waals surface area contributed by atoms with Gasteiger partial charge in [0, 0.05) is 13.1 Å². The van der Waals surface area contributed by atoms with Crippen LogP contribution in [-0.4, -0.2) is 22.4 Å². The minimum atomic E-state index is -2.11. The van der Waals surface area contributed by atoms with E-state index in [9.17, 15) is 4.89 Å². The van der Waals surface area contributed by atoms with E-state index in [1.807, 2.05) is 0 Å². The highest BCUT2D eigenvalue weighted by Crippen LogP contribution is 2.57. The van der Waals surface area contributed by atoms with Gasteiger partial charge >= 0.3 is 0 Å². The quantitative estimate of drug-likeness (QED) is 0.587. The van der Waals surface area contributed by atoms with Crippen molar-refractivity contribution in [3.63, 3.8) is 0 Å². The van der Waals surface area contributed by atoms with E-state index in [-0.39, 0.29) is 22.9 Å². The first-order chi connectivity index (χ1) is 13.6. The Balaban J connectivity index is 2.04. The Kier molecular flexibility index (Phi) is 6.85. The average molecular weight is 413 g/mol. The molecule has 3 rings (SSSR count). The Labute approximate surface area is 178 Å². The molecule has 0 aliphatic carbocycles. The third-order valence-electron chi connectivity index (χ3n) is 5.35. The van der Waals surface area contributed by atoms with Crippen molar-refractivity contribution in [3.05, 3.63) is 71.8 Å². The minimum Gasteiger partial charge on any atom is -0.652 e. The molecular formula is C25H37N2OP. The van der Waals surface area contributed by atoms with Gasteiger partial charge in [0.1, 0.15) is 0 Å². The van der Waals surface area contributed by atoms with Crippen LogP contribution >= 0.6 is 8.45 Å². The highest BCUT2D eigenvalue weighted by atomic mass is 31.2. The van der Waals surface area contributed by atoms with Gasteiger partial charge in [-0.3, -0.25) is 0 Å². The summed E-state index contributed by atoms with van der Waals surface area (Å²) in [7, 11) is -2.11. The summed E-state index contributed by atoms with van der Waals surface area (Å²) in [6.07, 6.45) is 0.955. The van der Waals surface area contributed by atoms with Crippen molar-refractivity contribution < 1.29 is 4.89 Å². The van der Waals surface area contributed by atoms with E-state index in [4.69, 9.17) is 0 Å². The van der Waals surface area contributed by atoms with Gasteiger partial charge in [0.25, 0.3) is 0 Å². The molecule has 158 valence electrons. The summed E-state index contributed by atoms with van der Waals surface area (Å²) in [6, 6.07) is 21.6. The van der Waals surface area contributed by atoms with E-state index in [1.165, 1.54) is 11.1 Å². The van der Waals surface area contributed by atoms with Crippen molar-refractivity contribution in [1.82, 2.24) is 9.34 Å². The average Bonchev–Trinajstić information content (AvgIpc) is 2.64. The molecule has 1 aliphatic heterocycles. The van der Waals surface area contributed by atoms with Gasteiger partial charge in [0.2, 0.25) is 0 Å². The molecule has 2 aromatic rings. The van der Waals surface area contributed by atoms with Crippen LogP contribution in [0.1, 0.15) is 71.2 Å². The van der Waals surface area contributed by atoms with Gasteiger partial charge in [-0.25, -0.2) is 0 Å². The van der Waals surface area contributed by atoms with Crippen molar-refractivity contribution in [2.24, 2.45) is 10.8 Å². The molecule has 0 bridgehead atoms. The summed E-state index contributed by atoms with van der Waals surface area (Å²) >= 11 is 0. The molecule has 0 amide bonds. The van der Waals surface area contributed by atoms with Gasteiger partial charge in [0.15, 0.2) is 0 Å². The zero-order valence-electron chi connectivity index (χ0n) is 18.9. The van der Waals surface area contributed by atoms with Crippen molar-refractivity contribution >= 4 is 8.45 Å². The molecule has 1 fully saturated rings. The fraction of sp³-hybridized carbons (Fsp3) is 0.520. The first kappa shape index (κ1) is 22.4. The number of hydrogen-bond donors (Lipinski definition) is 0. The number of rotatable bonds is 4. The normalized spacial score (nSPS) is 24.6. The predicted molar refractivity (Wildman–Crippen MR) is 124 cm³/mol. The van der Waals surface area contributed by atoms with E-state index >= 15 is 0 Å². The van der Waals surface area contributed by atoms with Crippen LogP contribution in [-0.2, 0) is 0 Å². The van der Waals surface area contributed by atoms with E-state index in [0.29, 0.717) is 0 Å². The Bertz CT molecular complexity index is 701. The van der Waals surface area contributed by atoms with Crippen LogP contribution in [0.3, 0.4) is 0 Å². The molecular weight excluding hydrogens is 375 g/mol. The molecule has 29 heavy (non-hydrogen) atoms. The summed E-state index contributed by atoms with van der Waals surface area (Å²) in [5, 5.41) is 0. The smallest absolute Gasteiger partial charge is 0.0943 e. The zero-order chi connectivity index (χ0) is 21.2. The molecule has 2 unspecified atom stereocenters. The van der Waals surface area contributed by atoms with Crippen molar-refractivity contribution in [2.75, 3.05) is 13.1 Å². The van der Waals surface area contributed by atoms with Crippen LogP contribution in [0, 0.1) is 10.8 Å². The standard InChI is InChI=1S/C25H37N2OP/c1-24(2,3)18-26-22(20-13-9-7-10-14-20)17-23(21-15-11-8-12-16-21)27(29(26)28)19-25(4,5)6/h7-16,22-23,29H,17-19H2,1-6H3. The summed E-state index contributed by atoms with van der Waals surface area (Å²) in [5.41, 5.74) is 2.71. The fourth-order valence-corrected chi connectivity index (χ4v) is 6.85. The predicted octanol–water partition coefficient (Wildman–Crippen LogP) is 5.89. The third kappa shape index (κ3) is 5.89. The Morgan fingerprint density at radius 3 is 1.38 bits per heavy atom. The molecule has 4 heteroatoms. The van der Waals surface area contributed by atoms with Gasteiger partial charge < -0.3 is 4.89 Å². The highest BCUT2D eigenvalue weighted by Gasteiger charge is 2.45. The topological polar surface area (TPSA) is 29.5 Å². The van der Waals surface area contributed by atoms with Gasteiger partial charge in [0.05, 0.1) is 20.5 Å². The Morgan fingerprint density at radius 2 is 1.07 bits per heavy atom. The fourth-order valence-electron chi connectivity index (χ4n) is 4.26. The highest BCUT2D eigenvalue weighted by molar-refractivity contribution is 7.44. The van der Waals surface area contributed by atoms with E-state index < -0.39 is 8.45 Å². The maximum Gasteiger partial charge on any atom is 0.0943 e. The lowest BCUT2D eigenvalue weighted by molar-refractivity contribution is -0.194. The van der Waals surface area contributed by atoms with Gasteiger partial charge in [-0.05, 0) is 28.4 Å². The van der Waals surface area contributed by atoms with Gasteiger partial charge in [-0.15, -0.1) is 0 Å². The van der Waals surface area contributed by atoms with Crippen LogP contribution in [0.5, 0.6) is 0 Å². The molecule has 3 nitrogen and oxygen atoms in total. The summed E-state index contributed by atoms with van der Waals surface area (Å²) in [6.45, 7) is 15.1. The lowest BCUT2D eigenvalue weighted by Crippen LogP contribution is -2.48. The molecule has 0 radical (unpaired) electrons. The van der Waals surface area contributed by atoms with Crippen molar-refractivity contribution in [1.29, 1.82) is 0 Å². The summed E-state index contributed by atoms with van der Waals surface area (Å²) < 4.78 is 4.59. The number of hydrogen-bond acceptors (Lipinski definition) is 3. The summed E-state index contributed by atoms with van der Waals surface area (Å²) in [4.78, 5) is 14.1. The molecule has 0 saturated carbocycles. The molecule has 2 atom stereocenters. The minimum absolute atomic E-state index is 0.0837. The Hall–Kier alpha value is -1.25. The molecule has 0 N–H and O–H groups in total. The number of nitrogens with zero attached hydrogens (tertiary/aromatic N) is 2. The molecule has 1 aliphatic rings. The molecule has 2 aromatic carbocycles. The van der Waals surface area contributed by atoms with E-state index in [1.54, 1.807) is 0 Å². The summed E-state index contributed by atoms with van der Waals surface area (Å²) in [5.74, 6) is 0. The largest absolute Gasteiger partial charge is 0.652 e. The first-order valence-corrected chi connectivity index (χ1v) is 12.0. The molecule has 1 heterocycles. The Morgan fingerprint density at radius 1 is 0.724 bits per heavy atom. The van der Waals surface area contributed by atoms with Crippen LogP contribution in [0.25, 0.3) is 0 Å². The molecule has 1 saturated heterocycles. The van der Waals surface area contributed by atoms with Crippen molar-refractivity contribution in [3.8, 4) is 0 Å². The zero-order valence-corrected chi connectivity index (χ0v) is 19.9. The van der Waals surface area contributed by atoms with Gasteiger partial charge in [-0.1, -0.05) is 102 Å². The lowest BCUT2D eigenvalue weighted by atomic mass is 9.90. The first-order valence-electron chi connectivity index (χ1n) is 10.7. The second-order valence-electron chi connectivity index (χ2n) is 10.7. The van der Waals surface area contributed by atoms with Crippen molar-refractivity contribution in [2.45, 2.75) is 60.0 Å². The second-order valence-corrected chi connectivity index (χ2v) is 12.5. The lowest BCUT2D eigenvalue weighted by Gasteiger charge is -2.51. The van der Waals surface area contributed by atoms with Crippen LogP contribution in [0.15, 0.2) is 60.7 Å². The van der Waals surface area contributed by atoms with E-state index in [0.717, 1.165) is 19.5 Å². The van der Waals surface area contributed by atoms with Crippen LogP contribution in [0.4, 0.5) is 0 Å². The van der Waals surface area contributed by atoms with E-state index in [2.05, 4.69) is 112 Å². The number of benzene rings is 2. The monoisotopic (exact) mass is 412 g/mol. The SMILES string of the molecule is CC(C)(C)CN1C(c2ccccc2)CC(c2ccccc2)N(CC(C)(C)C)[PH+]1[O-]. The second kappa shape index (κ2) is 8.86. The molecule has 0 spiro atoms. The van der Waals surface area contributed by atoms with Gasteiger partial charge in [-0.2, -0.15) is 9.34 Å². The van der Waals surface area contributed by atoms with Crippen LogP contribution in [0.2, 0.25) is 0 Å². The maximum atomic E-state index is 14.1. The third-order valence-corrected chi connectivity index (χ3v) is 7.27. The maximum absolute atomic E-state index is 14.1. The van der Waals surface area contributed by atoms with Crippen LogP contribution < -0.4 is 4.89 Å². The molecule has 0 aromatic heterocycles.